The van der Waals surface area contributed by atoms with Crippen molar-refractivity contribution in [1.82, 2.24) is 9.78 Å². The number of hydrogen-bond acceptors (Lipinski definition) is 3. The molecule has 0 atom stereocenters. The van der Waals surface area contributed by atoms with Crippen molar-refractivity contribution in [3.63, 3.8) is 0 Å². The van der Waals surface area contributed by atoms with Gasteiger partial charge in [-0.1, -0.05) is 67.9 Å². The molecule has 2 aromatic carbocycles. The van der Waals surface area contributed by atoms with Crippen LogP contribution in [0.2, 0.25) is 5.02 Å². The first-order valence-corrected chi connectivity index (χ1v) is 8.97. The summed E-state index contributed by atoms with van der Waals surface area (Å²) in [4.78, 5) is 12.9. The van der Waals surface area contributed by atoms with Crippen LogP contribution in [0.4, 0.5) is 0 Å². The maximum atomic E-state index is 12.9. The molecule has 0 aliphatic rings. The van der Waals surface area contributed by atoms with E-state index in [1.54, 1.807) is 13.0 Å². The van der Waals surface area contributed by atoms with Crippen molar-refractivity contribution in [2.24, 2.45) is 0 Å². The Morgan fingerprint density at radius 2 is 1.61 bits per heavy atom. The van der Waals surface area contributed by atoms with E-state index in [4.69, 9.17) is 11.6 Å². The first-order chi connectivity index (χ1) is 12.5. The zero-order valence-electron chi connectivity index (χ0n) is 17.0. The summed E-state index contributed by atoms with van der Waals surface area (Å²) in [5.74, 6) is -0.0790. The zero-order valence-corrected chi connectivity index (χ0v) is 20.6. The number of aromatic hydroxyl groups is 1. The van der Waals surface area contributed by atoms with E-state index >= 15 is 0 Å². The average Bonchev–Trinajstić information content (AvgIpc) is 2.65. The van der Waals surface area contributed by atoms with Gasteiger partial charge in [-0.2, -0.15) is 5.10 Å². The topological polar surface area (TPSA) is 55.1 Å². The molecule has 0 unspecified atom stereocenters. The summed E-state index contributed by atoms with van der Waals surface area (Å²) >= 11 is 6.19. The van der Waals surface area contributed by atoms with Crippen LogP contribution in [0.1, 0.15) is 30.7 Å². The SMILES string of the molecule is CC.Cc1ccccc1-c1c(O)c(C)nn(Cc2ccccc2Cl)c1=O.[CH3-].[Y]. The van der Waals surface area contributed by atoms with Crippen molar-refractivity contribution in [2.75, 3.05) is 0 Å². The molecule has 3 rings (SSSR count). The Bertz CT molecular complexity index is 971. The number of aromatic nitrogens is 2. The zero-order chi connectivity index (χ0) is 19.3. The standard InChI is InChI=1S/C19H17ClN2O2.C2H6.CH3.Y/c1-12-7-3-5-9-15(12)17-18(23)13(2)21-22(19(17)24)11-14-8-4-6-10-16(14)20;1-2;;/h3-10,23H,11H2,1-2H3;1-2H3;1H3;/q;;-1;. The second-order valence-electron chi connectivity index (χ2n) is 5.68. The molecule has 1 radical (unpaired) electrons. The second-order valence-corrected chi connectivity index (χ2v) is 6.09. The molecule has 3 aromatic rings. The Kier molecular flexibility index (Phi) is 11.5. The molecule has 0 fully saturated rings. The van der Waals surface area contributed by atoms with Gasteiger partial charge in [0.05, 0.1) is 12.1 Å². The smallest absolute Gasteiger partial charge is 0.278 e. The Balaban J connectivity index is 0.00000177. The molecule has 0 saturated heterocycles. The molecule has 1 N–H and O–H groups in total. The third kappa shape index (κ3) is 5.76. The summed E-state index contributed by atoms with van der Waals surface area (Å²) in [5, 5.41) is 15.2. The molecule has 147 valence electrons. The van der Waals surface area contributed by atoms with Gasteiger partial charge in [0.15, 0.2) is 5.75 Å². The van der Waals surface area contributed by atoms with Gasteiger partial charge >= 0.3 is 0 Å². The Morgan fingerprint density at radius 1 is 1.04 bits per heavy atom. The molecule has 0 aliphatic carbocycles. The molecule has 0 amide bonds. The Morgan fingerprint density at radius 3 is 2.21 bits per heavy atom. The third-order valence-corrected chi connectivity index (χ3v) is 4.36. The van der Waals surface area contributed by atoms with E-state index in [-0.39, 0.29) is 63.6 Å². The van der Waals surface area contributed by atoms with E-state index in [0.29, 0.717) is 16.3 Å². The minimum Gasteiger partial charge on any atom is -0.505 e. The Labute approximate surface area is 197 Å². The first kappa shape index (κ1) is 26.5. The minimum atomic E-state index is -0.340. The van der Waals surface area contributed by atoms with Gasteiger partial charge in [0.1, 0.15) is 5.69 Å². The van der Waals surface area contributed by atoms with Crippen molar-refractivity contribution >= 4 is 11.6 Å². The maximum absolute atomic E-state index is 12.9. The monoisotopic (exact) mass is 474 g/mol. The van der Waals surface area contributed by atoms with E-state index in [9.17, 15) is 9.90 Å². The van der Waals surface area contributed by atoms with E-state index in [1.807, 2.05) is 63.2 Å². The first-order valence-electron chi connectivity index (χ1n) is 8.59. The number of halogens is 1. The number of benzene rings is 2. The van der Waals surface area contributed by atoms with Crippen molar-refractivity contribution in [2.45, 2.75) is 34.2 Å². The van der Waals surface area contributed by atoms with Gasteiger partial charge in [-0.05, 0) is 36.6 Å². The van der Waals surface area contributed by atoms with Gasteiger partial charge in [-0.25, -0.2) is 4.68 Å². The van der Waals surface area contributed by atoms with Crippen molar-refractivity contribution in [1.29, 1.82) is 0 Å². The van der Waals surface area contributed by atoms with Gasteiger partial charge in [0.2, 0.25) is 0 Å². The summed E-state index contributed by atoms with van der Waals surface area (Å²) in [6.07, 6.45) is 0. The van der Waals surface area contributed by atoms with E-state index in [1.165, 1.54) is 4.68 Å². The average molecular weight is 475 g/mol. The number of nitrogens with zero attached hydrogens (tertiary/aromatic N) is 2. The normalized spacial score (nSPS) is 9.46. The molecule has 0 spiro atoms. The second kappa shape index (κ2) is 12.2. The summed E-state index contributed by atoms with van der Waals surface area (Å²) in [6, 6.07) is 14.8. The molecular weight excluding hydrogens is 449 g/mol. The summed E-state index contributed by atoms with van der Waals surface area (Å²) in [5.41, 5.74) is 2.76. The fourth-order valence-electron chi connectivity index (χ4n) is 2.68. The summed E-state index contributed by atoms with van der Waals surface area (Å²) in [6.45, 7) is 7.83. The van der Waals surface area contributed by atoms with Gasteiger partial charge in [0, 0.05) is 37.7 Å². The van der Waals surface area contributed by atoms with Gasteiger partial charge in [0.25, 0.3) is 5.56 Å². The molecule has 0 bridgehead atoms. The fraction of sp³-hybridized carbons (Fsp3) is 0.227. The van der Waals surface area contributed by atoms with E-state index in [0.717, 1.165) is 11.1 Å². The van der Waals surface area contributed by atoms with Crippen molar-refractivity contribution in [3.05, 3.63) is 88.2 Å². The van der Waals surface area contributed by atoms with Crippen LogP contribution in [0, 0.1) is 21.3 Å². The molecule has 4 nitrogen and oxygen atoms in total. The van der Waals surface area contributed by atoms with Crippen LogP contribution in [0.3, 0.4) is 0 Å². The van der Waals surface area contributed by atoms with Crippen LogP contribution >= 0.6 is 11.6 Å². The Hall–Kier alpha value is -1.49. The van der Waals surface area contributed by atoms with Crippen LogP contribution in [0.15, 0.2) is 53.3 Å². The van der Waals surface area contributed by atoms with Crippen LogP contribution in [-0.4, -0.2) is 14.9 Å². The van der Waals surface area contributed by atoms with Gasteiger partial charge < -0.3 is 12.5 Å². The predicted molar refractivity (Wildman–Crippen MR) is 113 cm³/mol. The van der Waals surface area contributed by atoms with Crippen molar-refractivity contribution < 1.29 is 37.8 Å². The van der Waals surface area contributed by atoms with Crippen molar-refractivity contribution in [3.8, 4) is 16.9 Å². The van der Waals surface area contributed by atoms with Gasteiger partial charge in [-0.15, -0.1) is 0 Å². The molecule has 28 heavy (non-hydrogen) atoms. The van der Waals surface area contributed by atoms with Crippen LogP contribution < -0.4 is 5.56 Å². The molecule has 1 heterocycles. The predicted octanol–water partition coefficient (Wildman–Crippen LogP) is 5.41. The summed E-state index contributed by atoms with van der Waals surface area (Å²) < 4.78 is 1.35. The molecule has 1 aromatic heterocycles. The molecule has 0 aliphatic heterocycles. The number of hydrogen-bond donors (Lipinski definition) is 1. The minimum absolute atomic E-state index is 0. The van der Waals surface area contributed by atoms with Crippen LogP contribution in [0.5, 0.6) is 5.75 Å². The van der Waals surface area contributed by atoms with Gasteiger partial charge in [-0.3, -0.25) is 4.79 Å². The number of aryl methyl sites for hydroxylation is 2. The largest absolute Gasteiger partial charge is 0.505 e. The molecular formula is C22H26ClN2O2Y-. The molecule has 0 saturated carbocycles. The summed E-state index contributed by atoms with van der Waals surface area (Å²) in [7, 11) is 0. The third-order valence-electron chi connectivity index (χ3n) is 3.99. The quantitative estimate of drug-likeness (QED) is 0.517. The fourth-order valence-corrected chi connectivity index (χ4v) is 2.87. The maximum Gasteiger partial charge on any atom is 0.278 e. The van der Waals surface area contributed by atoms with E-state index in [2.05, 4.69) is 5.10 Å². The van der Waals surface area contributed by atoms with Crippen LogP contribution in [0.25, 0.3) is 11.1 Å². The van der Waals surface area contributed by atoms with E-state index < -0.39 is 0 Å². The molecule has 6 heteroatoms. The van der Waals surface area contributed by atoms with Crippen LogP contribution in [-0.2, 0) is 39.3 Å². The number of rotatable bonds is 3.